The fourth-order valence-electron chi connectivity index (χ4n) is 1.59. The third-order valence-electron chi connectivity index (χ3n) is 3.17. The van der Waals surface area contributed by atoms with Gasteiger partial charge in [-0.3, -0.25) is 4.48 Å². The maximum absolute atomic E-state index is 5.43. The SMILES string of the molecule is C=CC(C)[N+](C)(C)c1ccc(OCC)cc1. The molecule has 2 heteroatoms. The van der Waals surface area contributed by atoms with E-state index in [0.29, 0.717) is 12.6 Å². The average Bonchev–Trinajstić information content (AvgIpc) is 2.29. The van der Waals surface area contributed by atoms with Crippen LogP contribution in [0, 0.1) is 0 Å². The standard InChI is InChI=1S/C14H22NO/c1-6-12(3)15(4,5)13-8-10-14(11-9-13)16-7-2/h6,8-12H,1,7H2,2-5H3/q+1. The molecule has 0 radical (unpaired) electrons. The van der Waals surface area contributed by atoms with Crippen molar-refractivity contribution in [2.75, 3.05) is 20.7 Å². The van der Waals surface area contributed by atoms with Crippen molar-refractivity contribution in [2.24, 2.45) is 0 Å². The van der Waals surface area contributed by atoms with Gasteiger partial charge < -0.3 is 4.74 Å². The van der Waals surface area contributed by atoms with Gasteiger partial charge in [0.15, 0.2) is 0 Å². The van der Waals surface area contributed by atoms with Crippen molar-refractivity contribution in [3.05, 3.63) is 36.9 Å². The van der Waals surface area contributed by atoms with E-state index in [9.17, 15) is 0 Å². The molecule has 0 saturated carbocycles. The Hall–Kier alpha value is -1.28. The summed E-state index contributed by atoms with van der Waals surface area (Å²) in [4.78, 5) is 0. The van der Waals surface area contributed by atoms with Gasteiger partial charge in [0.05, 0.1) is 20.7 Å². The van der Waals surface area contributed by atoms with Crippen LogP contribution in [0.3, 0.4) is 0 Å². The summed E-state index contributed by atoms with van der Waals surface area (Å²) >= 11 is 0. The summed E-state index contributed by atoms with van der Waals surface area (Å²) < 4.78 is 6.23. The largest absolute Gasteiger partial charge is 0.494 e. The van der Waals surface area contributed by atoms with Crippen molar-refractivity contribution < 1.29 is 4.74 Å². The van der Waals surface area contributed by atoms with E-state index in [-0.39, 0.29) is 0 Å². The second-order valence-electron chi connectivity index (χ2n) is 4.44. The van der Waals surface area contributed by atoms with E-state index in [1.54, 1.807) is 0 Å². The van der Waals surface area contributed by atoms with Crippen LogP contribution in [0.5, 0.6) is 5.75 Å². The van der Waals surface area contributed by atoms with Crippen molar-refractivity contribution in [1.82, 2.24) is 4.48 Å². The number of nitrogens with zero attached hydrogens (tertiary/aromatic N) is 1. The van der Waals surface area contributed by atoms with Gasteiger partial charge in [0.2, 0.25) is 0 Å². The van der Waals surface area contributed by atoms with Gasteiger partial charge in [0.1, 0.15) is 17.5 Å². The summed E-state index contributed by atoms with van der Waals surface area (Å²) in [5.41, 5.74) is 1.26. The van der Waals surface area contributed by atoms with E-state index in [0.717, 1.165) is 10.2 Å². The molecule has 0 aromatic heterocycles. The number of benzene rings is 1. The van der Waals surface area contributed by atoms with Crippen molar-refractivity contribution in [3.8, 4) is 5.75 Å². The minimum absolute atomic E-state index is 0.387. The van der Waals surface area contributed by atoms with Gasteiger partial charge in [0, 0.05) is 12.1 Å². The van der Waals surface area contributed by atoms with Crippen LogP contribution in [0.1, 0.15) is 13.8 Å². The highest BCUT2D eigenvalue weighted by molar-refractivity contribution is 5.46. The molecule has 1 rings (SSSR count). The Balaban J connectivity index is 2.92. The lowest BCUT2D eigenvalue weighted by atomic mass is 10.2. The van der Waals surface area contributed by atoms with Crippen LogP contribution < -0.4 is 9.22 Å². The molecule has 0 aliphatic carbocycles. The van der Waals surface area contributed by atoms with Gasteiger partial charge in [-0.25, -0.2) is 0 Å². The van der Waals surface area contributed by atoms with Crippen LogP contribution >= 0.6 is 0 Å². The zero-order valence-corrected chi connectivity index (χ0v) is 10.7. The second-order valence-corrected chi connectivity index (χ2v) is 4.44. The van der Waals surface area contributed by atoms with Crippen LogP contribution in [0.4, 0.5) is 5.69 Å². The molecule has 0 amide bonds. The van der Waals surface area contributed by atoms with Crippen LogP contribution in [-0.4, -0.2) is 26.7 Å². The summed E-state index contributed by atoms with van der Waals surface area (Å²) in [5, 5.41) is 0. The van der Waals surface area contributed by atoms with Gasteiger partial charge in [-0.15, -0.1) is 0 Å². The molecule has 0 heterocycles. The van der Waals surface area contributed by atoms with E-state index >= 15 is 0 Å². The number of rotatable bonds is 5. The van der Waals surface area contributed by atoms with E-state index < -0.39 is 0 Å². The van der Waals surface area contributed by atoms with E-state index in [1.807, 2.05) is 25.1 Å². The zero-order valence-electron chi connectivity index (χ0n) is 10.7. The number of likely N-dealkylation sites (N-methyl/N-ethyl adjacent to an activating group) is 1. The van der Waals surface area contributed by atoms with Crippen molar-refractivity contribution in [3.63, 3.8) is 0 Å². The minimum Gasteiger partial charge on any atom is -0.494 e. The van der Waals surface area contributed by atoms with Gasteiger partial charge in [-0.1, -0.05) is 6.58 Å². The second kappa shape index (κ2) is 5.17. The molecule has 2 nitrogen and oxygen atoms in total. The average molecular weight is 220 g/mol. The van der Waals surface area contributed by atoms with E-state index in [4.69, 9.17) is 4.74 Å². The van der Waals surface area contributed by atoms with Crippen LogP contribution in [0.25, 0.3) is 0 Å². The monoisotopic (exact) mass is 220 g/mol. The highest BCUT2D eigenvalue weighted by atomic mass is 16.5. The Bertz CT molecular complexity index is 340. The molecule has 0 aliphatic rings. The summed E-state index contributed by atoms with van der Waals surface area (Å²) in [7, 11) is 4.37. The quantitative estimate of drug-likeness (QED) is 0.547. The molecule has 0 aliphatic heterocycles. The summed E-state index contributed by atoms with van der Waals surface area (Å²) in [6, 6.07) is 8.66. The van der Waals surface area contributed by atoms with E-state index in [2.05, 4.69) is 39.7 Å². The maximum atomic E-state index is 5.43. The molecule has 1 atom stereocenters. The Morgan fingerprint density at radius 1 is 1.31 bits per heavy atom. The first-order chi connectivity index (χ1) is 7.52. The van der Waals surface area contributed by atoms with Gasteiger partial charge in [-0.2, -0.15) is 0 Å². The smallest absolute Gasteiger partial charge is 0.133 e. The lowest BCUT2D eigenvalue weighted by molar-refractivity contribution is 0.337. The molecule has 1 aromatic carbocycles. The first-order valence-corrected chi connectivity index (χ1v) is 5.72. The van der Waals surface area contributed by atoms with Crippen molar-refractivity contribution in [2.45, 2.75) is 19.9 Å². The fourth-order valence-corrected chi connectivity index (χ4v) is 1.59. The Labute approximate surface area is 98.7 Å². The lowest BCUT2D eigenvalue weighted by Crippen LogP contribution is -2.47. The molecular weight excluding hydrogens is 198 g/mol. The summed E-state index contributed by atoms with van der Waals surface area (Å²) in [5.74, 6) is 0.928. The predicted octanol–water partition coefficient (Wildman–Crippen LogP) is 3.23. The molecular formula is C14H22NO+. The van der Waals surface area contributed by atoms with Gasteiger partial charge >= 0.3 is 0 Å². The number of ether oxygens (including phenoxy) is 1. The highest BCUT2D eigenvalue weighted by Gasteiger charge is 2.24. The summed E-state index contributed by atoms with van der Waals surface area (Å²) in [6.07, 6.45) is 1.98. The number of quaternary nitrogens is 1. The first kappa shape index (κ1) is 12.8. The third-order valence-corrected chi connectivity index (χ3v) is 3.17. The number of hydrogen-bond acceptors (Lipinski definition) is 1. The first-order valence-electron chi connectivity index (χ1n) is 5.72. The van der Waals surface area contributed by atoms with Crippen molar-refractivity contribution >= 4 is 5.69 Å². The van der Waals surface area contributed by atoms with Crippen LogP contribution in [0.15, 0.2) is 36.9 Å². The Morgan fingerprint density at radius 2 is 1.88 bits per heavy atom. The molecule has 0 spiro atoms. The predicted molar refractivity (Wildman–Crippen MR) is 70.9 cm³/mol. The third kappa shape index (κ3) is 2.64. The van der Waals surface area contributed by atoms with Crippen LogP contribution in [0.2, 0.25) is 0 Å². The Morgan fingerprint density at radius 3 is 2.31 bits per heavy atom. The molecule has 0 N–H and O–H groups in total. The molecule has 0 saturated heterocycles. The van der Waals surface area contributed by atoms with Gasteiger partial charge in [-0.05, 0) is 32.1 Å². The highest BCUT2D eigenvalue weighted by Crippen LogP contribution is 2.25. The maximum Gasteiger partial charge on any atom is 0.133 e. The molecule has 1 aromatic rings. The normalized spacial score (nSPS) is 13.2. The van der Waals surface area contributed by atoms with Crippen molar-refractivity contribution in [1.29, 1.82) is 0 Å². The lowest BCUT2D eigenvalue weighted by Gasteiger charge is -2.34. The Kier molecular flexibility index (Phi) is 4.13. The summed E-state index contributed by atoms with van der Waals surface area (Å²) in [6.45, 7) is 8.73. The molecule has 88 valence electrons. The molecule has 1 unspecified atom stereocenters. The zero-order chi connectivity index (χ0) is 12.2. The molecule has 16 heavy (non-hydrogen) atoms. The fraction of sp³-hybridized carbons (Fsp3) is 0.429. The van der Waals surface area contributed by atoms with Crippen LogP contribution in [-0.2, 0) is 0 Å². The topological polar surface area (TPSA) is 9.23 Å². The number of hydrogen-bond donors (Lipinski definition) is 0. The van der Waals surface area contributed by atoms with E-state index in [1.165, 1.54) is 5.69 Å². The van der Waals surface area contributed by atoms with Gasteiger partial charge in [0.25, 0.3) is 0 Å². The molecule has 0 fully saturated rings. The minimum atomic E-state index is 0.387. The molecule has 0 bridgehead atoms.